The molecule has 0 fully saturated rings. The van der Waals surface area contributed by atoms with Gasteiger partial charge in [-0.15, -0.1) is 0 Å². The quantitative estimate of drug-likeness (QED) is 0.379. The molecule has 176 valence electrons. The van der Waals surface area contributed by atoms with E-state index >= 15 is 0 Å². The van der Waals surface area contributed by atoms with E-state index in [0.29, 0.717) is 18.5 Å². The van der Waals surface area contributed by atoms with Crippen LogP contribution in [0.5, 0.6) is 0 Å². The van der Waals surface area contributed by atoms with Crippen LogP contribution < -0.4 is 22.2 Å². The lowest BCUT2D eigenvalue weighted by molar-refractivity contribution is 0.282. The maximum atomic E-state index is 13.3. The highest BCUT2D eigenvalue weighted by atomic mass is 16.2. The Hall–Kier alpha value is -4.06. The van der Waals surface area contributed by atoms with Crippen LogP contribution in [0, 0.1) is 0 Å². The van der Waals surface area contributed by atoms with E-state index < -0.39 is 27.8 Å². The predicted octanol–water partition coefficient (Wildman–Crippen LogP) is 4.03. The Morgan fingerprint density at radius 1 is 0.629 bits per heavy atom. The lowest BCUT2D eigenvalue weighted by atomic mass is 9.95. The molecule has 35 heavy (non-hydrogen) atoms. The molecule has 0 amide bonds. The molecule has 0 aliphatic rings. The van der Waals surface area contributed by atoms with Crippen LogP contribution >= 0.6 is 0 Å². The Labute approximate surface area is 201 Å². The van der Waals surface area contributed by atoms with E-state index in [9.17, 15) is 19.2 Å². The highest BCUT2D eigenvalue weighted by Gasteiger charge is 2.29. The molecule has 0 aliphatic carbocycles. The maximum Gasteiger partial charge on any atom is 0.266 e. The average Bonchev–Trinajstić information content (AvgIpc) is 3.28. The fraction of sp³-hybridized carbons (Fsp3) is 0.241. The summed E-state index contributed by atoms with van der Waals surface area (Å²) in [6.07, 6.45) is 1.96. The van der Waals surface area contributed by atoms with Gasteiger partial charge in [0.1, 0.15) is 0 Å². The molecule has 0 radical (unpaired) electrons. The van der Waals surface area contributed by atoms with Crippen molar-refractivity contribution in [1.82, 2.24) is 9.13 Å². The topological polar surface area (TPSA) is 78.1 Å². The first kappa shape index (κ1) is 22.7. The van der Waals surface area contributed by atoms with Gasteiger partial charge in [-0.3, -0.25) is 23.7 Å². The van der Waals surface area contributed by atoms with Gasteiger partial charge in [-0.2, -0.15) is 0 Å². The Balaban J connectivity index is 1.64. The number of fused-ring (bicyclic) bond motifs is 2. The first-order valence-corrected chi connectivity index (χ1v) is 11.9. The monoisotopic (exact) mass is 466 g/mol. The standard InChI is InChI=1S/C29H26N2O4/c1-4-29(3,5-2)31-27(34)23-16-21-22(17-24(23)28(31)35)26(33)30(25(21)32)20-13-11-19(12-14-20)15-18-9-7-6-8-10-18/h6-14,16-17H,4-5,15H2,1-3H3. The van der Waals surface area contributed by atoms with Crippen molar-refractivity contribution in [2.75, 3.05) is 0 Å². The molecular formula is C29H26N2O4. The molecule has 5 rings (SSSR count). The van der Waals surface area contributed by atoms with Crippen molar-refractivity contribution < 1.29 is 0 Å². The lowest BCUT2D eigenvalue weighted by Crippen LogP contribution is -2.42. The summed E-state index contributed by atoms with van der Waals surface area (Å²) >= 11 is 0. The van der Waals surface area contributed by atoms with Gasteiger partial charge in [-0.25, -0.2) is 4.57 Å². The molecule has 0 saturated heterocycles. The van der Waals surface area contributed by atoms with Crippen molar-refractivity contribution in [2.45, 2.75) is 45.6 Å². The molecule has 0 unspecified atom stereocenters. The minimum atomic E-state index is -0.626. The van der Waals surface area contributed by atoms with Crippen LogP contribution in [0.25, 0.3) is 27.2 Å². The van der Waals surface area contributed by atoms with E-state index in [2.05, 4.69) is 0 Å². The Kier molecular flexibility index (Phi) is 5.39. The summed E-state index contributed by atoms with van der Waals surface area (Å²) in [5, 5.41) is 0.672. The van der Waals surface area contributed by atoms with Gasteiger partial charge in [0.25, 0.3) is 22.2 Å². The van der Waals surface area contributed by atoms with Gasteiger partial charge in [-0.1, -0.05) is 56.3 Å². The molecular weight excluding hydrogens is 440 g/mol. The van der Waals surface area contributed by atoms with Crippen molar-refractivity contribution >= 4 is 21.5 Å². The third kappa shape index (κ3) is 3.48. The Bertz CT molecular complexity index is 1680. The fourth-order valence-corrected chi connectivity index (χ4v) is 4.86. The second-order valence-electron chi connectivity index (χ2n) is 9.37. The molecule has 0 aliphatic heterocycles. The maximum absolute atomic E-state index is 13.3. The summed E-state index contributed by atoms with van der Waals surface area (Å²) in [6.45, 7) is 5.74. The minimum absolute atomic E-state index is 0.153. The van der Waals surface area contributed by atoms with Crippen molar-refractivity contribution in [3.05, 3.63) is 119 Å². The SMILES string of the molecule is CCC(C)(CC)n1c(=O)c2cc3c(=O)n(-c4ccc(Cc5ccccc5)cc4)c(=O)c3cc2c1=O. The average molecular weight is 467 g/mol. The Morgan fingerprint density at radius 3 is 1.57 bits per heavy atom. The minimum Gasteiger partial charge on any atom is -0.269 e. The van der Waals surface area contributed by atoms with E-state index in [4.69, 9.17) is 0 Å². The summed E-state index contributed by atoms with van der Waals surface area (Å²) in [5.74, 6) is 0. The highest BCUT2D eigenvalue weighted by molar-refractivity contribution is 5.98. The molecule has 0 atom stereocenters. The summed E-state index contributed by atoms with van der Waals surface area (Å²) < 4.78 is 2.39. The third-order valence-electron chi connectivity index (χ3n) is 7.40. The summed E-state index contributed by atoms with van der Waals surface area (Å²) in [5.41, 5.74) is 0.247. The van der Waals surface area contributed by atoms with Crippen molar-refractivity contribution in [3.8, 4) is 5.69 Å². The second kappa shape index (κ2) is 8.31. The van der Waals surface area contributed by atoms with Gasteiger partial charge < -0.3 is 0 Å². The van der Waals surface area contributed by atoms with Crippen LogP contribution in [0.2, 0.25) is 0 Å². The van der Waals surface area contributed by atoms with E-state index in [0.717, 1.165) is 16.6 Å². The summed E-state index contributed by atoms with van der Waals surface area (Å²) in [4.78, 5) is 52.9. The zero-order valence-electron chi connectivity index (χ0n) is 20.0. The van der Waals surface area contributed by atoms with Gasteiger partial charge in [0.05, 0.1) is 27.2 Å². The summed E-state index contributed by atoms with van der Waals surface area (Å²) in [6, 6.07) is 20.2. The third-order valence-corrected chi connectivity index (χ3v) is 7.40. The number of hydrogen-bond donors (Lipinski definition) is 0. The molecule has 0 spiro atoms. The zero-order valence-corrected chi connectivity index (χ0v) is 20.0. The molecule has 5 aromatic rings. The molecule has 0 saturated carbocycles. The molecule has 2 aromatic heterocycles. The van der Waals surface area contributed by atoms with Crippen molar-refractivity contribution in [2.24, 2.45) is 0 Å². The zero-order chi connectivity index (χ0) is 24.9. The van der Waals surface area contributed by atoms with Crippen LogP contribution in [0.4, 0.5) is 0 Å². The molecule has 6 heteroatoms. The lowest BCUT2D eigenvalue weighted by Gasteiger charge is -2.27. The van der Waals surface area contributed by atoms with Crippen LogP contribution in [0.1, 0.15) is 44.7 Å². The molecule has 3 aromatic carbocycles. The molecule has 0 bridgehead atoms. The van der Waals surface area contributed by atoms with Crippen LogP contribution in [0.3, 0.4) is 0 Å². The van der Waals surface area contributed by atoms with Crippen molar-refractivity contribution in [3.63, 3.8) is 0 Å². The number of benzene rings is 3. The molecule has 2 heterocycles. The van der Waals surface area contributed by atoms with Gasteiger partial charge in [-0.05, 0) is 61.6 Å². The number of hydrogen-bond acceptors (Lipinski definition) is 4. The van der Waals surface area contributed by atoms with E-state index in [1.54, 1.807) is 12.1 Å². The van der Waals surface area contributed by atoms with Gasteiger partial charge in [0, 0.05) is 5.54 Å². The second-order valence-corrected chi connectivity index (χ2v) is 9.37. The first-order chi connectivity index (χ1) is 16.8. The van der Waals surface area contributed by atoms with E-state index in [-0.39, 0.29) is 21.5 Å². The fourth-order valence-electron chi connectivity index (χ4n) is 4.86. The predicted molar refractivity (Wildman–Crippen MR) is 140 cm³/mol. The molecule has 6 nitrogen and oxygen atoms in total. The number of aromatic nitrogens is 2. The Morgan fingerprint density at radius 2 is 1.09 bits per heavy atom. The summed E-state index contributed by atoms with van der Waals surface area (Å²) in [7, 11) is 0. The van der Waals surface area contributed by atoms with Crippen LogP contribution in [-0.2, 0) is 12.0 Å². The molecule has 0 N–H and O–H groups in total. The van der Waals surface area contributed by atoms with Crippen molar-refractivity contribution in [1.29, 1.82) is 0 Å². The van der Waals surface area contributed by atoms with Gasteiger partial charge in [0.2, 0.25) is 0 Å². The highest BCUT2D eigenvalue weighted by Crippen LogP contribution is 2.24. The largest absolute Gasteiger partial charge is 0.269 e. The van der Waals surface area contributed by atoms with Crippen LogP contribution in [0.15, 0.2) is 85.9 Å². The number of rotatable bonds is 6. The van der Waals surface area contributed by atoms with E-state index in [1.807, 2.05) is 63.2 Å². The number of nitrogens with zero attached hydrogens (tertiary/aromatic N) is 2. The van der Waals surface area contributed by atoms with Gasteiger partial charge in [0.15, 0.2) is 0 Å². The van der Waals surface area contributed by atoms with Gasteiger partial charge >= 0.3 is 0 Å². The van der Waals surface area contributed by atoms with Crippen LogP contribution in [-0.4, -0.2) is 9.13 Å². The smallest absolute Gasteiger partial charge is 0.266 e. The normalized spacial score (nSPS) is 12.1. The first-order valence-electron chi connectivity index (χ1n) is 11.9. The van der Waals surface area contributed by atoms with E-state index in [1.165, 1.54) is 22.3 Å².